The molecule has 2 aromatic rings. The van der Waals surface area contributed by atoms with Gasteiger partial charge in [0.15, 0.2) is 0 Å². The second-order valence-electron chi connectivity index (χ2n) is 8.10. The molecule has 2 fully saturated rings. The summed E-state index contributed by atoms with van der Waals surface area (Å²) in [7, 11) is 1.94. The van der Waals surface area contributed by atoms with E-state index >= 15 is 0 Å². The highest BCUT2D eigenvalue weighted by molar-refractivity contribution is 5.78. The minimum Gasteiger partial charge on any atom is -0.343 e. The van der Waals surface area contributed by atoms with Crippen LogP contribution in [-0.2, 0) is 11.2 Å². The highest BCUT2D eigenvalue weighted by atomic mass is 16.2. The summed E-state index contributed by atoms with van der Waals surface area (Å²) < 4.78 is 1.85. The van der Waals surface area contributed by atoms with E-state index in [4.69, 9.17) is 4.98 Å². The van der Waals surface area contributed by atoms with Crippen molar-refractivity contribution in [1.82, 2.24) is 14.5 Å². The molecule has 5 heteroatoms. The van der Waals surface area contributed by atoms with Gasteiger partial charge in [-0.25, -0.2) is 4.98 Å². The monoisotopic (exact) mass is 367 g/mol. The quantitative estimate of drug-likeness (QED) is 0.755. The van der Waals surface area contributed by atoms with Crippen molar-refractivity contribution in [2.45, 2.75) is 76.3 Å². The first-order chi connectivity index (χ1) is 13.1. The standard InChI is InChI=1S/C22H29N3O2/c1-24(16-8-4-2-3-5-9-16)21(26)15-14-20-23-19-11-7-6-10-18(19)22(27)25(20)17-12-13-17/h6-7,10-11,16-17H,2-5,8-9,12-15H2,1H3. The summed E-state index contributed by atoms with van der Waals surface area (Å²) in [6, 6.07) is 8.16. The molecule has 2 aliphatic carbocycles. The Morgan fingerprint density at radius 2 is 1.81 bits per heavy atom. The zero-order valence-electron chi connectivity index (χ0n) is 16.2. The van der Waals surface area contributed by atoms with Crippen molar-refractivity contribution in [3.63, 3.8) is 0 Å². The number of benzene rings is 1. The average molecular weight is 367 g/mol. The number of carbonyl (C=O) groups excluding carboxylic acids is 1. The second kappa shape index (κ2) is 7.83. The molecule has 2 aliphatic rings. The number of rotatable bonds is 5. The fourth-order valence-electron chi connectivity index (χ4n) is 4.32. The maximum Gasteiger partial charge on any atom is 0.261 e. The van der Waals surface area contributed by atoms with Crippen LogP contribution in [0.1, 0.15) is 69.7 Å². The number of nitrogens with zero attached hydrogens (tertiary/aromatic N) is 3. The summed E-state index contributed by atoms with van der Waals surface area (Å²) in [5, 5.41) is 0.676. The molecule has 0 bridgehead atoms. The maximum absolute atomic E-state index is 12.9. The van der Waals surface area contributed by atoms with Crippen LogP contribution in [0.5, 0.6) is 0 Å². The average Bonchev–Trinajstić information content (AvgIpc) is 3.52. The van der Waals surface area contributed by atoms with Crippen LogP contribution in [-0.4, -0.2) is 33.4 Å². The summed E-state index contributed by atoms with van der Waals surface area (Å²) in [5.74, 6) is 0.940. The lowest BCUT2D eigenvalue weighted by molar-refractivity contribution is -0.132. The Morgan fingerprint density at radius 3 is 2.52 bits per heavy atom. The molecule has 5 nitrogen and oxygen atoms in total. The lowest BCUT2D eigenvalue weighted by atomic mass is 10.1. The molecule has 0 atom stereocenters. The van der Waals surface area contributed by atoms with E-state index in [9.17, 15) is 9.59 Å². The van der Waals surface area contributed by atoms with E-state index in [0.29, 0.717) is 24.3 Å². The van der Waals surface area contributed by atoms with Crippen molar-refractivity contribution in [2.24, 2.45) is 0 Å². The lowest BCUT2D eigenvalue weighted by Gasteiger charge is -2.27. The molecule has 1 aromatic carbocycles. The Bertz CT molecular complexity index is 877. The van der Waals surface area contributed by atoms with Crippen molar-refractivity contribution in [1.29, 1.82) is 0 Å². The number of aryl methyl sites for hydroxylation is 1. The van der Waals surface area contributed by atoms with Gasteiger partial charge in [0.05, 0.1) is 10.9 Å². The van der Waals surface area contributed by atoms with Gasteiger partial charge in [0.1, 0.15) is 5.82 Å². The number of para-hydroxylation sites is 1. The maximum atomic E-state index is 12.9. The van der Waals surface area contributed by atoms with Gasteiger partial charge in [0, 0.05) is 32.0 Å². The van der Waals surface area contributed by atoms with Gasteiger partial charge in [-0.2, -0.15) is 0 Å². The van der Waals surface area contributed by atoms with Crippen LogP contribution in [0.25, 0.3) is 10.9 Å². The molecule has 0 radical (unpaired) electrons. The minimum atomic E-state index is 0.0441. The SMILES string of the molecule is CN(C(=O)CCc1nc2ccccc2c(=O)n1C1CC1)C1CCCCCC1. The first-order valence-electron chi connectivity index (χ1n) is 10.4. The summed E-state index contributed by atoms with van der Waals surface area (Å²) in [5.41, 5.74) is 0.779. The van der Waals surface area contributed by atoms with Crippen LogP contribution < -0.4 is 5.56 Å². The first-order valence-corrected chi connectivity index (χ1v) is 10.4. The lowest BCUT2D eigenvalue weighted by Crippen LogP contribution is -2.37. The third-order valence-corrected chi connectivity index (χ3v) is 6.12. The number of fused-ring (bicyclic) bond motifs is 1. The van der Waals surface area contributed by atoms with Crippen molar-refractivity contribution in [3.05, 3.63) is 40.4 Å². The number of aromatic nitrogens is 2. The number of hydrogen-bond acceptors (Lipinski definition) is 3. The summed E-state index contributed by atoms with van der Waals surface area (Å²) in [6.45, 7) is 0. The zero-order chi connectivity index (χ0) is 18.8. The van der Waals surface area contributed by atoms with Crippen molar-refractivity contribution < 1.29 is 4.79 Å². The first kappa shape index (κ1) is 18.2. The predicted octanol–water partition coefficient (Wildman–Crippen LogP) is 3.85. The van der Waals surface area contributed by atoms with E-state index in [2.05, 4.69) is 0 Å². The van der Waals surface area contributed by atoms with E-state index in [1.165, 1.54) is 25.7 Å². The third kappa shape index (κ3) is 3.92. The van der Waals surface area contributed by atoms with Crippen LogP contribution in [0.15, 0.2) is 29.1 Å². The molecule has 4 rings (SSSR count). The van der Waals surface area contributed by atoms with Crippen LogP contribution in [0, 0.1) is 0 Å². The molecule has 0 unspecified atom stereocenters. The highest BCUT2D eigenvalue weighted by Gasteiger charge is 2.29. The molecular formula is C22H29N3O2. The molecule has 1 heterocycles. The zero-order valence-corrected chi connectivity index (χ0v) is 16.2. The molecule has 0 saturated heterocycles. The topological polar surface area (TPSA) is 55.2 Å². The fraction of sp³-hybridized carbons (Fsp3) is 0.591. The van der Waals surface area contributed by atoms with Gasteiger partial charge in [0.2, 0.25) is 5.91 Å². The van der Waals surface area contributed by atoms with Crippen LogP contribution in [0.2, 0.25) is 0 Å². The van der Waals surface area contributed by atoms with Crippen LogP contribution >= 0.6 is 0 Å². The van der Waals surface area contributed by atoms with Gasteiger partial charge in [-0.1, -0.05) is 37.8 Å². The summed E-state index contributed by atoms with van der Waals surface area (Å²) in [6.07, 6.45) is 10.3. The Hall–Kier alpha value is -2.17. The van der Waals surface area contributed by atoms with Gasteiger partial charge in [-0.05, 0) is 37.8 Å². The van der Waals surface area contributed by atoms with Crippen molar-refractivity contribution in [2.75, 3.05) is 7.05 Å². The van der Waals surface area contributed by atoms with E-state index in [-0.39, 0.29) is 17.5 Å². The number of carbonyl (C=O) groups is 1. The fourth-order valence-corrected chi connectivity index (χ4v) is 4.32. The van der Waals surface area contributed by atoms with E-state index < -0.39 is 0 Å². The number of amides is 1. The molecule has 27 heavy (non-hydrogen) atoms. The Kier molecular flexibility index (Phi) is 5.28. The Labute approximate surface area is 160 Å². The molecule has 1 amide bonds. The molecule has 144 valence electrons. The number of hydrogen-bond donors (Lipinski definition) is 0. The van der Waals surface area contributed by atoms with E-state index in [1.807, 2.05) is 40.8 Å². The largest absolute Gasteiger partial charge is 0.343 e. The molecule has 0 N–H and O–H groups in total. The summed E-state index contributed by atoms with van der Waals surface area (Å²) >= 11 is 0. The Morgan fingerprint density at radius 1 is 1.11 bits per heavy atom. The predicted molar refractivity (Wildman–Crippen MR) is 107 cm³/mol. The minimum absolute atomic E-state index is 0.0441. The van der Waals surface area contributed by atoms with Gasteiger partial charge in [-0.3, -0.25) is 14.2 Å². The van der Waals surface area contributed by atoms with Crippen LogP contribution in [0.3, 0.4) is 0 Å². The molecule has 1 aromatic heterocycles. The molecule has 2 saturated carbocycles. The van der Waals surface area contributed by atoms with E-state index in [1.54, 1.807) is 0 Å². The van der Waals surface area contributed by atoms with Gasteiger partial charge in [0.25, 0.3) is 5.56 Å². The Balaban J connectivity index is 1.52. The molecule has 0 aliphatic heterocycles. The van der Waals surface area contributed by atoms with Crippen LogP contribution in [0.4, 0.5) is 0 Å². The molecular weight excluding hydrogens is 338 g/mol. The highest BCUT2D eigenvalue weighted by Crippen LogP contribution is 2.35. The van der Waals surface area contributed by atoms with Gasteiger partial charge < -0.3 is 4.90 Å². The normalized spacial score (nSPS) is 18.4. The molecule has 0 spiro atoms. The summed E-state index contributed by atoms with van der Waals surface area (Å²) in [4.78, 5) is 32.4. The van der Waals surface area contributed by atoms with Gasteiger partial charge in [-0.15, -0.1) is 0 Å². The van der Waals surface area contributed by atoms with E-state index in [0.717, 1.165) is 37.0 Å². The second-order valence-corrected chi connectivity index (χ2v) is 8.10. The van der Waals surface area contributed by atoms with Crippen molar-refractivity contribution in [3.8, 4) is 0 Å². The van der Waals surface area contributed by atoms with Crippen molar-refractivity contribution >= 4 is 16.8 Å². The third-order valence-electron chi connectivity index (χ3n) is 6.12. The smallest absolute Gasteiger partial charge is 0.261 e. The van der Waals surface area contributed by atoms with Gasteiger partial charge >= 0.3 is 0 Å².